The van der Waals surface area contributed by atoms with E-state index in [1.807, 2.05) is 24.3 Å². The molecule has 4 heteroatoms. The molecule has 3 heterocycles. The van der Waals surface area contributed by atoms with E-state index in [0.29, 0.717) is 0 Å². The van der Waals surface area contributed by atoms with Crippen molar-refractivity contribution in [2.75, 3.05) is 4.72 Å². The minimum atomic E-state index is -1.09. The van der Waals surface area contributed by atoms with E-state index in [-0.39, 0.29) is 23.4 Å². The summed E-state index contributed by atoms with van der Waals surface area (Å²) in [5.74, 6) is 0.202. The van der Waals surface area contributed by atoms with Gasteiger partial charge in [0.25, 0.3) is 0 Å². The van der Waals surface area contributed by atoms with Gasteiger partial charge in [0.15, 0.2) is 0 Å². The van der Waals surface area contributed by atoms with Gasteiger partial charge in [-0.2, -0.15) is 0 Å². The van der Waals surface area contributed by atoms with E-state index in [1.54, 1.807) is 0 Å². The van der Waals surface area contributed by atoms with Crippen molar-refractivity contribution in [3.8, 4) is 0 Å². The molecule has 1 N–H and O–H groups in total. The zero-order valence-corrected chi connectivity index (χ0v) is 11.5. The molecule has 0 aliphatic carbocycles. The Hall–Kier alpha value is -1.65. The number of rotatable bonds is 0. The molecule has 0 radical (unpaired) electrons. The summed E-state index contributed by atoms with van der Waals surface area (Å²) in [6.07, 6.45) is 0.0105. The van der Waals surface area contributed by atoms with Crippen LogP contribution < -0.4 is 4.72 Å². The fraction of sp³-hybridized carbons (Fsp3) is 0.250. The van der Waals surface area contributed by atoms with Crippen molar-refractivity contribution in [3.05, 3.63) is 65.2 Å². The van der Waals surface area contributed by atoms with Crippen LogP contribution >= 0.6 is 0 Å². The van der Waals surface area contributed by atoms with Crippen LogP contribution in [0.15, 0.2) is 48.5 Å². The number of ether oxygens (including phenoxy) is 1. The number of benzene rings is 2. The zero-order valence-electron chi connectivity index (χ0n) is 10.7. The quantitative estimate of drug-likeness (QED) is 0.807. The Kier molecular flexibility index (Phi) is 2.05. The number of nitrogens with one attached hydrogen (secondary N) is 1. The third-order valence-electron chi connectivity index (χ3n) is 4.66. The lowest BCUT2D eigenvalue weighted by atomic mass is 9.79. The topological polar surface area (TPSA) is 38.3 Å². The Bertz CT molecular complexity index is 745. The molecule has 20 heavy (non-hydrogen) atoms. The van der Waals surface area contributed by atoms with Crippen LogP contribution in [0.5, 0.6) is 0 Å². The van der Waals surface area contributed by atoms with Crippen LogP contribution in [-0.2, 0) is 15.7 Å². The van der Waals surface area contributed by atoms with Crippen molar-refractivity contribution in [1.82, 2.24) is 0 Å². The summed E-state index contributed by atoms with van der Waals surface area (Å²) in [4.78, 5) is 0. The van der Waals surface area contributed by atoms with Crippen LogP contribution in [0.3, 0.4) is 0 Å². The van der Waals surface area contributed by atoms with Crippen molar-refractivity contribution in [1.29, 1.82) is 0 Å². The summed E-state index contributed by atoms with van der Waals surface area (Å²) in [6.45, 7) is 0. The molecule has 0 aromatic heterocycles. The number of para-hydroxylation sites is 1. The molecular weight excluding hydrogens is 270 g/mol. The molecule has 0 spiro atoms. The van der Waals surface area contributed by atoms with E-state index >= 15 is 0 Å². The van der Waals surface area contributed by atoms with Gasteiger partial charge in [-0.15, -0.1) is 0 Å². The molecule has 1 saturated heterocycles. The number of anilines is 1. The molecule has 0 amide bonds. The predicted molar refractivity (Wildman–Crippen MR) is 77.7 cm³/mol. The average molecular weight is 283 g/mol. The Balaban J connectivity index is 1.75. The number of fused-ring (bicyclic) bond motifs is 10. The smallest absolute Gasteiger partial charge is 0.124 e. The second-order valence-electron chi connectivity index (χ2n) is 5.58. The van der Waals surface area contributed by atoms with E-state index in [4.69, 9.17) is 4.74 Å². The molecule has 5 atom stereocenters. The standard InChI is InChI=1S/C16H13NO2S/c18-20-16-13(11-7-3-4-8-12(11)17-20)14-9-5-1-2-6-10(9)15(16)19-14/h1-8,13-17H/t13-,14+,15-,16+,20+/m1/s1. The molecule has 3 aliphatic heterocycles. The first-order valence-corrected chi connectivity index (χ1v) is 8.06. The van der Waals surface area contributed by atoms with Gasteiger partial charge in [0.1, 0.15) is 17.1 Å². The van der Waals surface area contributed by atoms with E-state index < -0.39 is 11.0 Å². The molecule has 2 bridgehead atoms. The highest BCUT2D eigenvalue weighted by molar-refractivity contribution is 7.87. The van der Waals surface area contributed by atoms with Crippen molar-refractivity contribution in [2.24, 2.45) is 0 Å². The van der Waals surface area contributed by atoms with E-state index in [0.717, 1.165) is 5.69 Å². The number of hydrogen-bond acceptors (Lipinski definition) is 2. The third kappa shape index (κ3) is 1.21. The summed E-state index contributed by atoms with van der Waals surface area (Å²) in [5.41, 5.74) is 4.71. The van der Waals surface area contributed by atoms with Gasteiger partial charge in [-0.3, -0.25) is 0 Å². The zero-order chi connectivity index (χ0) is 13.3. The highest BCUT2D eigenvalue weighted by atomic mass is 32.2. The van der Waals surface area contributed by atoms with E-state index in [9.17, 15) is 4.21 Å². The molecule has 2 aromatic carbocycles. The van der Waals surface area contributed by atoms with Gasteiger partial charge in [0.2, 0.25) is 0 Å². The van der Waals surface area contributed by atoms with Crippen LogP contribution in [0.4, 0.5) is 5.69 Å². The Morgan fingerprint density at radius 3 is 2.35 bits per heavy atom. The Morgan fingerprint density at radius 1 is 0.900 bits per heavy atom. The highest BCUT2D eigenvalue weighted by Crippen LogP contribution is 2.61. The first kappa shape index (κ1) is 11.1. The van der Waals surface area contributed by atoms with Gasteiger partial charge < -0.3 is 9.46 Å². The SMILES string of the molecule is O=[S@@]1Nc2ccccc2[C@H]2[C@H]1[C@@H]1O[C@H]2c2ccccc21. The minimum Gasteiger partial charge on any atom is -0.364 e. The van der Waals surface area contributed by atoms with Crippen molar-refractivity contribution >= 4 is 16.7 Å². The van der Waals surface area contributed by atoms with Gasteiger partial charge in [0, 0.05) is 11.6 Å². The molecular formula is C16H13NO2S. The third-order valence-corrected chi connectivity index (χ3v) is 6.11. The largest absolute Gasteiger partial charge is 0.364 e. The molecule has 3 nitrogen and oxygen atoms in total. The Labute approximate surface area is 119 Å². The van der Waals surface area contributed by atoms with Gasteiger partial charge in [-0.05, 0) is 22.8 Å². The second kappa shape index (κ2) is 3.71. The first-order valence-electron chi connectivity index (χ1n) is 6.85. The molecule has 5 rings (SSSR count). The fourth-order valence-corrected chi connectivity index (χ4v) is 5.40. The van der Waals surface area contributed by atoms with Gasteiger partial charge in [0.05, 0.1) is 11.4 Å². The highest BCUT2D eigenvalue weighted by Gasteiger charge is 2.57. The van der Waals surface area contributed by atoms with Crippen molar-refractivity contribution < 1.29 is 8.95 Å². The van der Waals surface area contributed by atoms with Crippen LogP contribution in [0.25, 0.3) is 0 Å². The normalized spacial score (nSPS) is 35.9. The van der Waals surface area contributed by atoms with Crippen LogP contribution in [0, 0.1) is 0 Å². The average Bonchev–Trinajstić information content (AvgIpc) is 3.05. The molecule has 3 aliphatic rings. The summed E-state index contributed by atoms with van der Waals surface area (Å²) >= 11 is 0. The molecule has 0 saturated carbocycles. The van der Waals surface area contributed by atoms with Crippen LogP contribution in [-0.4, -0.2) is 9.46 Å². The lowest BCUT2D eigenvalue weighted by molar-refractivity contribution is 0.0683. The van der Waals surface area contributed by atoms with Crippen LogP contribution in [0.2, 0.25) is 0 Å². The molecule has 100 valence electrons. The monoisotopic (exact) mass is 283 g/mol. The lowest BCUT2D eigenvalue weighted by Crippen LogP contribution is -2.36. The summed E-state index contributed by atoms with van der Waals surface area (Å²) in [7, 11) is -1.09. The van der Waals surface area contributed by atoms with Gasteiger partial charge >= 0.3 is 0 Å². The second-order valence-corrected chi connectivity index (χ2v) is 6.93. The fourth-order valence-electron chi connectivity index (χ4n) is 3.87. The van der Waals surface area contributed by atoms with Crippen molar-refractivity contribution in [3.63, 3.8) is 0 Å². The molecule has 0 unspecified atom stereocenters. The summed E-state index contributed by atoms with van der Waals surface area (Å²) in [5, 5.41) is 0.0183. The maximum absolute atomic E-state index is 12.6. The Morgan fingerprint density at radius 2 is 1.55 bits per heavy atom. The van der Waals surface area contributed by atoms with E-state index in [2.05, 4.69) is 29.0 Å². The van der Waals surface area contributed by atoms with E-state index in [1.165, 1.54) is 16.7 Å². The van der Waals surface area contributed by atoms with Crippen LogP contribution in [0.1, 0.15) is 34.8 Å². The maximum Gasteiger partial charge on any atom is 0.124 e. The predicted octanol–water partition coefficient (Wildman–Crippen LogP) is 3.05. The minimum absolute atomic E-state index is 0.0183. The van der Waals surface area contributed by atoms with Gasteiger partial charge in [-0.25, -0.2) is 4.21 Å². The van der Waals surface area contributed by atoms with Crippen molar-refractivity contribution in [2.45, 2.75) is 23.4 Å². The lowest BCUT2D eigenvalue weighted by Gasteiger charge is -2.34. The first-order chi connectivity index (χ1) is 9.84. The number of hydrogen-bond donors (Lipinski definition) is 1. The summed E-state index contributed by atoms with van der Waals surface area (Å²) in [6, 6.07) is 16.5. The summed E-state index contributed by atoms with van der Waals surface area (Å²) < 4.78 is 21.9. The molecule has 2 aromatic rings. The van der Waals surface area contributed by atoms with Gasteiger partial charge in [-0.1, -0.05) is 42.5 Å². The molecule has 1 fully saturated rings. The maximum atomic E-state index is 12.6.